The van der Waals surface area contributed by atoms with Crippen molar-refractivity contribution >= 4 is 43.5 Å². The maximum absolute atomic E-state index is 13.4. The van der Waals surface area contributed by atoms with Gasteiger partial charge in [0, 0.05) is 16.7 Å². The zero-order chi connectivity index (χ0) is 14.7. The summed E-state index contributed by atoms with van der Waals surface area (Å²) in [4.78, 5) is 10.8. The van der Waals surface area contributed by atoms with E-state index in [-0.39, 0.29) is 11.4 Å². The second-order valence-electron chi connectivity index (χ2n) is 4.09. The highest BCUT2D eigenvalue weighted by molar-refractivity contribution is 9.10. The van der Waals surface area contributed by atoms with E-state index >= 15 is 0 Å². The quantitative estimate of drug-likeness (QED) is 0.781. The van der Waals surface area contributed by atoms with Crippen molar-refractivity contribution in [3.8, 4) is 0 Å². The lowest BCUT2D eigenvalue weighted by atomic mass is 10.1. The van der Waals surface area contributed by atoms with E-state index in [0.717, 1.165) is 5.56 Å². The molecule has 2 N–H and O–H groups in total. The Morgan fingerprint density at radius 3 is 2.50 bits per heavy atom. The van der Waals surface area contributed by atoms with E-state index < -0.39 is 5.97 Å². The fourth-order valence-corrected chi connectivity index (χ4v) is 2.39. The van der Waals surface area contributed by atoms with Crippen LogP contribution in [0.15, 0.2) is 45.3 Å². The third-order valence-corrected chi connectivity index (χ3v) is 4.08. The molecule has 0 aliphatic rings. The SMILES string of the molecule is O=C(O)c1ccc(CNc2ccc(Br)c(F)c2)c(Br)c1. The van der Waals surface area contributed by atoms with Gasteiger partial charge in [-0.25, -0.2) is 9.18 Å². The summed E-state index contributed by atoms with van der Waals surface area (Å²) in [5, 5.41) is 12.0. The first-order chi connectivity index (χ1) is 9.47. The Hall–Kier alpha value is -1.40. The summed E-state index contributed by atoms with van der Waals surface area (Å²) >= 11 is 6.42. The second-order valence-corrected chi connectivity index (χ2v) is 5.80. The van der Waals surface area contributed by atoms with Crippen LogP contribution in [0.1, 0.15) is 15.9 Å². The number of aromatic carboxylic acids is 1. The van der Waals surface area contributed by atoms with Crippen LogP contribution in [0.2, 0.25) is 0 Å². The van der Waals surface area contributed by atoms with E-state index in [4.69, 9.17) is 5.11 Å². The van der Waals surface area contributed by atoms with Crippen molar-refractivity contribution < 1.29 is 14.3 Å². The van der Waals surface area contributed by atoms with Gasteiger partial charge in [-0.05, 0) is 51.8 Å². The number of halogens is 3. The fourth-order valence-electron chi connectivity index (χ4n) is 1.63. The largest absolute Gasteiger partial charge is 0.478 e. The van der Waals surface area contributed by atoms with E-state index in [1.807, 2.05) is 0 Å². The van der Waals surface area contributed by atoms with E-state index in [2.05, 4.69) is 37.2 Å². The molecule has 0 radical (unpaired) electrons. The minimum atomic E-state index is -0.972. The van der Waals surface area contributed by atoms with Gasteiger partial charge in [0.15, 0.2) is 0 Å². The van der Waals surface area contributed by atoms with Crippen LogP contribution >= 0.6 is 31.9 Å². The van der Waals surface area contributed by atoms with Crippen LogP contribution in [0.5, 0.6) is 0 Å². The first-order valence-corrected chi connectivity index (χ1v) is 7.26. The molecule has 2 aromatic carbocycles. The Labute approximate surface area is 132 Å². The Kier molecular flexibility index (Phi) is 4.77. The molecule has 2 aromatic rings. The normalized spacial score (nSPS) is 10.3. The maximum Gasteiger partial charge on any atom is 0.335 e. The highest BCUT2D eigenvalue weighted by atomic mass is 79.9. The number of anilines is 1. The van der Waals surface area contributed by atoms with Gasteiger partial charge in [0.05, 0.1) is 10.0 Å². The van der Waals surface area contributed by atoms with E-state index in [9.17, 15) is 9.18 Å². The van der Waals surface area contributed by atoms with Crippen molar-refractivity contribution in [3.63, 3.8) is 0 Å². The summed E-state index contributed by atoms with van der Waals surface area (Å²) in [6, 6.07) is 9.57. The molecule has 0 atom stereocenters. The third kappa shape index (κ3) is 3.58. The average Bonchev–Trinajstić information content (AvgIpc) is 2.41. The van der Waals surface area contributed by atoms with Crippen LogP contribution in [-0.2, 0) is 6.54 Å². The number of carboxylic acid groups (broad SMARTS) is 1. The molecule has 0 heterocycles. The molecule has 0 aliphatic carbocycles. The minimum Gasteiger partial charge on any atom is -0.478 e. The summed E-state index contributed by atoms with van der Waals surface area (Å²) in [5.74, 6) is -1.31. The van der Waals surface area contributed by atoms with Crippen molar-refractivity contribution in [1.29, 1.82) is 0 Å². The van der Waals surface area contributed by atoms with Crippen LogP contribution in [0.3, 0.4) is 0 Å². The third-order valence-electron chi connectivity index (χ3n) is 2.70. The number of carbonyl (C=O) groups is 1. The monoisotopic (exact) mass is 401 g/mol. The Morgan fingerprint density at radius 2 is 1.90 bits per heavy atom. The van der Waals surface area contributed by atoms with Gasteiger partial charge in [-0.1, -0.05) is 22.0 Å². The van der Waals surface area contributed by atoms with Gasteiger partial charge in [-0.15, -0.1) is 0 Å². The van der Waals surface area contributed by atoms with Gasteiger partial charge in [0.1, 0.15) is 5.82 Å². The molecule has 0 spiro atoms. The van der Waals surface area contributed by atoms with Crippen LogP contribution in [0, 0.1) is 5.82 Å². The van der Waals surface area contributed by atoms with E-state index in [1.54, 1.807) is 24.3 Å². The molecule has 0 saturated heterocycles. The molecule has 0 unspecified atom stereocenters. The number of rotatable bonds is 4. The zero-order valence-electron chi connectivity index (χ0n) is 10.2. The Bertz CT molecular complexity index is 662. The van der Waals surface area contributed by atoms with Crippen LogP contribution in [-0.4, -0.2) is 11.1 Å². The number of hydrogen-bond donors (Lipinski definition) is 2. The fraction of sp³-hybridized carbons (Fsp3) is 0.0714. The summed E-state index contributed by atoms with van der Waals surface area (Å²) in [6.07, 6.45) is 0. The lowest BCUT2D eigenvalue weighted by molar-refractivity contribution is 0.0697. The topological polar surface area (TPSA) is 49.3 Å². The second kappa shape index (κ2) is 6.37. The molecule has 0 fully saturated rings. The lowest BCUT2D eigenvalue weighted by Crippen LogP contribution is -2.02. The van der Waals surface area contributed by atoms with Crippen molar-refractivity contribution in [2.24, 2.45) is 0 Å². The summed E-state index contributed by atoms with van der Waals surface area (Å²) < 4.78 is 14.5. The predicted octanol–water partition coefficient (Wildman–Crippen LogP) is 4.66. The van der Waals surface area contributed by atoms with Gasteiger partial charge in [-0.3, -0.25) is 0 Å². The van der Waals surface area contributed by atoms with Gasteiger partial charge < -0.3 is 10.4 Å². The van der Waals surface area contributed by atoms with Crippen LogP contribution in [0.25, 0.3) is 0 Å². The van der Waals surface area contributed by atoms with Crippen molar-refractivity contribution in [3.05, 3.63) is 62.3 Å². The summed E-state index contributed by atoms with van der Waals surface area (Å²) in [7, 11) is 0. The molecule has 6 heteroatoms. The molecule has 104 valence electrons. The first-order valence-electron chi connectivity index (χ1n) is 5.68. The standard InChI is InChI=1S/C14H10Br2FNO2/c15-11-4-3-10(6-13(11)17)18-7-9-2-1-8(14(19)20)5-12(9)16/h1-6,18H,7H2,(H,19,20). The highest BCUT2D eigenvalue weighted by Crippen LogP contribution is 2.22. The molecular formula is C14H10Br2FNO2. The van der Waals surface area contributed by atoms with Crippen molar-refractivity contribution in [2.45, 2.75) is 6.54 Å². The number of nitrogens with one attached hydrogen (secondary N) is 1. The summed E-state index contributed by atoms with van der Waals surface area (Å²) in [6.45, 7) is 0.460. The molecule has 2 rings (SSSR count). The molecule has 20 heavy (non-hydrogen) atoms. The molecule has 0 saturated carbocycles. The van der Waals surface area contributed by atoms with Crippen molar-refractivity contribution in [2.75, 3.05) is 5.32 Å². The van der Waals surface area contributed by atoms with Crippen molar-refractivity contribution in [1.82, 2.24) is 0 Å². The van der Waals surface area contributed by atoms with Crippen LogP contribution in [0.4, 0.5) is 10.1 Å². The maximum atomic E-state index is 13.4. The van der Waals surface area contributed by atoms with E-state index in [1.165, 1.54) is 12.1 Å². The minimum absolute atomic E-state index is 0.218. The van der Waals surface area contributed by atoms with Gasteiger partial charge in [0.2, 0.25) is 0 Å². The van der Waals surface area contributed by atoms with Gasteiger partial charge >= 0.3 is 5.97 Å². The molecule has 0 bridgehead atoms. The van der Waals surface area contributed by atoms with E-state index in [0.29, 0.717) is 21.2 Å². The first kappa shape index (κ1) is 15.0. The molecule has 3 nitrogen and oxygen atoms in total. The number of carboxylic acids is 1. The highest BCUT2D eigenvalue weighted by Gasteiger charge is 2.07. The Morgan fingerprint density at radius 1 is 1.15 bits per heavy atom. The molecule has 0 aliphatic heterocycles. The Balaban J connectivity index is 2.10. The van der Waals surface area contributed by atoms with Gasteiger partial charge in [-0.2, -0.15) is 0 Å². The zero-order valence-corrected chi connectivity index (χ0v) is 13.3. The molecular weight excluding hydrogens is 393 g/mol. The molecule has 0 amide bonds. The number of benzene rings is 2. The van der Waals surface area contributed by atoms with Gasteiger partial charge in [0.25, 0.3) is 0 Å². The predicted molar refractivity (Wildman–Crippen MR) is 82.5 cm³/mol. The van der Waals surface area contributed by atoms with Crippen LogP contribution < -0.4 is 5.32 Å². The lowest BCUT2D eigenvalue weighted by Gasteiger charge is -2.09. The summed E-state index contributed by atoms with van der Waals surface area (Å²) in [5.41, 5.74) is 1.76. The number of hydrogen-bond acceptors (Lipinski definition) is 2. The smallest absolute Gasteiger partial charge is 0.335 e. The average molecular weight is 403 g/mol. The molecule has 0 aromatic heterocycles.